The van der Waals surface area contributed by atoms with Gasteiger partial charge in [-0.2, -0.15) is 4.98 Å². The Kier molecular flexibility index (Phi) is 3.77. The van der Waals surface area contributed by atoms with E-state index in [1.54, 1.807) is 0 Å². The lowest BCUT2D eigenvalue weighted by molar-refractivity contribution is 0.456. The van der Waals surface area contributed by atoms with Crippen molar-refractivity contribution in [3.63, 3.8) is 0 Å². The van der Waals surface area contributed by atoms with Crippen LogP contribution in [0.1, 0.15) is 5.69 Å². The monoisotopic (exact) mass is 305 g/mol. The number of pyridine rings is 1. The van der Waals surface area contributed by atoms with E-state index < -0.39 is 5.82 Å². The van der Waals surface area contributed by atoms with Gasteiger partial charge in [0.25, 0.3) is 0 Å². The van der Waals surface area contributed by atoms with Crippen LogP contribution in [-0.2, 0) is 6.54 Å². The fourth-order valence-corrected chi connectivity index (χ4v) is 2.30. The SMILES string of the molecule is CNCc1c(Oc2ccc(F)cc2Cl)nc2ccccn12. The molecule has 2 heterocycles. The molecule has 4 nitrogen and oxygen atoms in total. The zero-order valence-electron chi connectivity index (χ0n) is 11.3. The molecule has 0 aliphatic carbocycles. The number of rotatable bonds is 4. The topological polar surface area (TPSA) is 38.6 Å². The van der Waals surface area contributed by atoms with Crippen LogP contribution in [0.15, 0.2) is 42.6 Å². The van der Waals surface area contributed by atoms with Crippen LogP contribution in [0.5, 0.6) is 11.6 Å². The fraction of sp³-hybridized carbons (Fsp3) is 0.133. The van der Waals surface area contributed by atoms with Gasteiger partial charge in [0, 0.05) is 12.7 Å². The van der Waals surface area contributed by atoms with E-state index in [9.17, 15) is 4.39 Å². The lowest BCUT2D eigenvalue weighted by atomic mass is 10.3. The van der Waals surface area contributed by atoms with Crippen LogP contribution in [0, 0.1) is 5.82 Å². The van der Waals surface area contributed by atoms with Crippen molar-refractivity contribution in [2.45, 2.75) is 6.54 Å². The van der Waals surface area contributed by atoms with Crippen LogP contribution < -0.4 is 10.1 Å². The average Bonchev–Trinajstić information content (AvgIpc) is 2.81. The minimum Gasteiger partial charge on any atom is -0.436 e. The maximum Gasteiger partial charge on any atom is 0.242 e. The molecule has 0 amide bonds. The molecule has 108 valence electrons. The highest BCUT2D eigenvalue weighted by Crippen LogP contribution is 2.31. The van der Waals surface area contributed by atoms with Crippen LogP contribution in [-0.4, -0.2) is 16.4 Å². The largest absolute Gasteiger partial charge is 0.436 e. The van der Waals surface area contributed by atoms with Crippen molar-refractivity contribution in [2.24, 2.45) is 0 Å². The van der Waals surface area contributed by atoms with Gasteiger partial charge in [-0.15, -0.1) is 0 Å². The summed E-state index contributed by atoms with van der Waals surface area (Å²) in [6, 6.07) is 9.71. The number of nitrogens with zero attached hydrogens (tertiary/aromatic N) is 2. The minimum atomic E-state index is -0.405. The number of imidazole rings is 1. The first kappa shape index (κ1) is 13.9. The molecule has 3 rings (SSSR count). The summed E-state index contributed by atoms with van der Waals surface area (Å²) in [6.07, 6.45) is 1.91. The van der Waals surface area contributed by atoms with Gasteiger partial charge in [0.2, 0.25) is 5.88 Å². The Morgan fingerprint density at radius 3 is 2.95 bits per heavy atom. The summed E-state index contributed by atoms with van der Waals surface area (Å²) in [5.74, 6) is 0.417. The Balaban J connectivity index is 2.05. The Labute approximate surface area is 126 Å². The molecule has 6 heteroatoms. The first-order valence-corrected chi connectivity index (χ1v) is 6.80. The van der Waals surface area contributed by atoms with Crippen molar-refractivity contribution in [1.29, 1.82) is 0 Å². The van der Waals surface area contributed by atoms with E-state index in [0.29, 0.717) is 18.2 Å². The molecule has 2 aromatic heterocycles. The van der Waals surface area contributed by atoms with Gasteiger partial charge in [-0.3, -0.25) is 4.40 Å². The summed E-state index contributed by atoms with van der Waals surface area (Å²) in [5, 5.41) is 3.29. The highest BCUT2D eigenvalue weighted by atomic mass is 35.5. The van der Waals surface area contributed by atoms with Crippen molar-refractivity contribution in [2.75, 3.05) is 7.05 Å². The van der Waals surface area contributed by atoms with Crippen molar-refractivity contribution in [3.05, 3.63) is 59.1 Å². The zero-order valence-corrected chi connectivity index (χ0v) is 12.1. The van der Waals surface area contributed by atoms with Gasteiger partial charge in [0.1, 0.15) is 22.9 Å². The molecule has 0 unspecified atom stereocenters. The van der Waals surface area contributed by atoms with E-state index >= 15 is 0 Å². The number of aromatic nitrogens is 2. The van der Waals surface area contributed by atoms with E-state index in [-0.39, 0.29) is 5.02 Å². The lowest BCUT2D eigenvalue weighted by Crippen LogP contribution is -2.08. The van der Waals surface area contributed by atoms with E-state index in [1.165, 1.54) is 18.2 Å². The minimum absolute atomic E-state index is 0.211. The molecule has 3 aromatic rings. The first-order valence-electron chi connectivity index (χ1n) is 6.42. The van der Waals surface area contributed by atoms with Crippen LogP contribution in [0.4, 0.5) is 4.39 Å². The second kappa shape index (κ2) is 5.71. The first-order chi connectivity index (χ1) is 10.2. The van der Waals surface area contributed by atoms with Gasteiger partial charge in [-0.05, 0) is 37.4 Å². The summed E-state index contributed by atoms with van der Waals surface area (Å²) in [7, 11) is 1.84. The summed E-state index contributed by atoms with van der Waals surface area (Å²) < 4.78 is 20.8. The average molecular weight is 306 g/mol. The van der Waals surface area contributed by atoms with Crippen molar-refractivity contribution < 1.29 is 9.13 Å². The third-order valence-corrected chi connectivity index (χ3v) is 3.33. The molecule has 0 saturated heterocycles. The van der Waals surface area contributed by atoms with Gasteiger partial charge in [-0.1, -0.05) is 17.7 Å². The van der Waals surface area contributed by atoms with E-state index in [1.807, 2.05) is 35.8 Å². The number of fused-ring (bicyclic) bond motifs is 1. The Bertz CT molecular complexity index is 788. The van der Waals surface area contributed by atoms with Gasteiger partial charge in [0.15, 0.2) is 0 Å². The Hall–Kier alpha value is -2.11. The van der Waals surface area contributed by atoms with Crippen LogP contribution in [0.2, 0.25) is 5.02 Å². The molecule has 0 atom stereocenters. The molecule has 0 saturated carbocycles. The summed E-state index contributed by atoms with van der Waals surface area (Å²) >= 11 is 5.99. The standard InChI is InChI=1S/C15H13ClFN3O/c1-18-9-12-15(19-14-4-2-3-7-20(12)14)21-13-6-5-10(17)8-11(13)16/h2-8,18H,9H2,1H3. The molecule has 21 heavy (non-hydrogen) atoms. The molecular formula is C15H13ClFN3O. The fourth-order valence-electron chi connectivity index (χ4n) is 2.10. The molecule has 0 radical (unpaired) electrons. The molecule has 1 N–H and O–H groups in total. The molecule has 0 aliphatic heterocycles. The highest BCUT2D eigenvalue weighted by Gasteiger charge is 2.15. The van der Waals surface area contributed by atoms with Crippen molar-refractivity contribution in [1.82, 2.24) is 14.7 Å². The third kappa shape index (κ3) is 2.70. The maximum absolute atomic E-state index is 13.1. The molecule has 0 bridgehead atoms. The molecule has 1 aromatic carbocycles. The summed E-state index contributed by atoms with van der Waals surface area (Å²) in [6.45, 7) is 0.583. The summed E-state index contributed by atoms with van der Waals surface area (Å²) in [4.78, 5) is 4.44. The van der Waals surface area contributed by atoms with E-state index in [0.717, 1.165) is 11.3 Å². The van der Waals surface area contributed by atoms with Gasteiger partial charge in [0.05, 0.1) is 5.02 Å². The predicted molar refractivity (Wildman–Crippen MR) is 79.4 cm³/mol. The third-order valence-electron chi connectivity index (χ3n) is 3.04. The van der Waals surface area contributed by atoms with Gasteiger partial charge < -0.3 is 10.1 Å². The maximum atomic E-state index is 13.1. The Morgan fingerprint density at radius 2 is 2.19 bits per heavy atom. The van der Waals surface area contributed by atoms with Crippen molar-refractivity contribution in [3.8, 4) is 11.6 Å². The molecule has 0 aliphatic rings. The second-order valence-electron chi connectivity index (χ2n) is 4.50. The smallest absolute Gasteiger partial charge is 0.242 e. The quantitative estimate of drug-likeness (QED) is 0.800. The van der Waals surface area contributed by atoms with E-state index in [2.05, 4.69) is 10.3 Å². The number of halogens is 2. The number of hydrogen-bond donors (Lipinski definition) is 1. The van der Waals surface area contributed by atoms with Gasteiger partial charge >= 0.3 is 0 Å². The van der Waals surface area contributed by atoms with Crippen LogP contribution in [0.3, 0.4) is 0 Å². The summed E-state index contributed by atoms with van der Waals surface area (Å²) in [5.41, 5.74) is 1.64. The highest BCUT2D eigenvalue weighted by molar-refractivity contribution is 6.32. The molecular weight excluding hydrogens is 293 g/mol. The lowest BCUT2D eigenvalue weighted by Gasteiger charge is -2.07. The van der Waals surface area contributed by atoms with Gasteiger partial charge in [-0.25, -0.2) is 4.39 Å². The number of nitrogens with one attached hydrogen (secondary N) is 1. The Morgan fingerprint density at radius 1 is 1.33 bits per heavy atom. The predicted octanol–water partition coefficient (Wildman–Crippen LogP) is 3.64. The van der Waals surface area contributed by atoms with Crippen molar-refractivity contribution >= 4 is 17.2 Å². The number of ether oxygens (including phenoxy) is 1. The molecule has 0 spiro atoms. The zero-order chi connectivity index (χ0) is 14.8. The van der Waals surface area contributed by atoms with Crippen LogP contribution >= 0.6 is 11.6 Å². The molecule has 0 fully saturated rings. The number of hydrogen-bond acceptors (Lipinski definition) is 3. The second-order valence-corrected chi connectivity index (χ2v) is 4.91. The normalized spacial score (nSPS) is 11.0. The van der Waals surface area contributed by atoms with E-state index in [4.69, 9.17) is 16.3 Å². The number of benzene rings is 1. The van der Waals surface area contributed by atoms with Crippen LogP contribution in [0.25, 0.3) is 5.65 Å².